The van der Waals surface area contributed by atoms with Crippen LogP contribution >= 0.6 is 0 Å². The smallest absolute Gasteiger partial charge is 0.107 e. The van der Waals surface area contributed by atoms with Crippen LogP contribution in [0.15, 0.2) is 0 Å². The lowest BCUT2D eigenvalue weighted by atomic mass is 9.84. The molecule has 0 saturated heterocycles. The topological polar surface area (TPSA) is 26.0 Å². The third kappa shape index (κ3) is 2.27. The second-order valence-electron chi connectivity index (χ2n) is 2.10. The van der Waals surface area contributed by atoms with Crippen LogP contribution in [-0.4, -0.2) is 13.9 Å². The molecule has 2 heteroatoms. The van der Waals surface area contributed by atoms with E-state index < -0.39 is 0 Å². The molecule has 0 heterocycles. The fourth-order valence-electron chi connectivity index (χ4n) is 0. The van der Waals surface area contributed by atoms with Crippen molar-refractivity contribution in [2.24, 2.45) is 5.73 Å². The Labute approximate surface area is 40.3 Å². The molecule has 0 aromatic rings. The molecule has 2 N–H and O–H groups in total. The molecule has 1 nitrogen and oxygen atoms in total. The minimum atomic E-state index is 0.352. The highest BCUT2D eigenvalue weighted by Crippen LogP contribution is 1.97. The standard InChI is InChI=1S/C4H12BN/c1-3(5)4(2)6/h3-4H,5-6H2,1-2H3/t3-,4-/m1/s1. The van der Waals surface area contributed by atoms with Gasteiger partial charge in [0.25, 0.3) is 0 Å². The van der Waals surface area contributed by atoms with Crippen LogP contribution in [0.25, 0.3) is 0 Å². The maximum absolute atomic E-state index is 5.44. The first kappa shape index (κ1) is 6.02. The predicted molar refractivity (Wildman–Crippen MR) is 31.6 cm³/mol. The molecule has 0 bridgehead atoms. The molecule has 0 rings (SSSR count). The SMILES string of the molecule is B[C@H](C)[C@@H](C)N. The summed E-state index contributed by atoms with van der Waals surface area (Å²) in [4.78, 5) is 0. The van der Waals surface area contributed by atoms with Crippen LogP contribution in [0, 0.1) is 0 Å². The lowest BCUT2D eigenvalue weighted by molar-refractivity contribution is 0.712. The average molecular weight is 85.0 g/mol. The largest absolute Gasteiger partial charge is 0.328 e. The van der Waals surface area contributed by atoms with E-state index in [4.69, 9.17) is 5.73 Å². The number of hydrogen-bond donors (Lipinski definition) is 1. The highest BCUT2D eigenvalue weighted by atomic mass is 14.6. The van der Waals surface area contributed by atoms with E-state index in [2.05, 4.69) is 14.8 Å². The van der Waals surface area contributed by atoms with Crippen molar-refractivity contribution in [2.75, 3.05) is 0 Å². The number of hydrogen-bond acceptors (Lipinski definition) is 1. The zero-order valence-corrected chi connectivity index (χ0v) is 4.73. The Balaban J connectivity index is 2.99. The van der Waals surface area contributed by atoms with Gasteiger partial charge in [-0.15, -0.1) is 0 Å². The van der Waals surface area contributed by atoms with E-state index in [0.29, 0.717) is 11.9 Å². The second-order valence-corrected chi connectivity index (χ2v) is 2.10. The summed E-state index contributed by atoms with van der Waals surface area (Å²) in [5, 5.41) is 0. The molecule has 0 radical (unpaired) electrons. The summed E-state index contributed by atoms with van der Waals surface area (Å²) in [6, 6.07) is 0.352. The van der Waals surface area contributed by atoms with Gasteiger partial charge in [0, 0.05) is 0 Å². The van der Waals surface area contributed by atoms with Gasteiger partial charge in [0.05, 0.1) is 0 Å². The van der Waals surface area contributed by atoms with Crippen LogP contribution in [0.3, 0.4) is 0 Å². The zero-order valence-electron chi connectivity index (χ0n) is 4.73. The van der Waals surface area contributed by atoms with Crippen molar-refractivity contribution in [1.82, 2.24) is 0 Å². The molecule has 6 heavy (non-hydrogen) atoms. The van der Waals surface area contributed by atoms with Gasteiger partial charge in [0.1, 0.15) is 7.85 Å². The molecule has 36 valence electrons. The molecule has 0 saturated carbocycles. The van der Waals surface area contributed by atoms with Gasteiger partial charge in [0.15, 0.2) is 0 Å². The van der Waals surface area contributed by atoms with Gasteiger partial charge in [-0.1, -0.05) is 19.7 Å². The molecule has 2 atom stereocenters. The van der Waals surface area contributed by atoms with Crippen LogP contribution in [0.1, 0.15) is 13.8 Å². The van der Waals surface area contributed by atoms with Crippen molar-refractivity contribution < 1.29 is 0 Å². The molecule has 0 fully saturated rings. The molecule has 0 aromatic carbocycles. The molecule has 0 spiro atoms. The van der Waals surface area contributed by atoms with E-state index in [1.54, 1.807) is 0 Å². The Kier molecular flexibility index (Phi) is 2.25. The summed E-state index contributed by atoms with van der Waals surface area (Å²) in [6.45, 7) is 4.13. The van der Waals surface area contributed by atoms with Crippen LogP contribution in [0.5, 0.6) is 0 Å². The monoisotopic (exact) mass is 85.1 g/mol. The molecule has 0 amide bonds. The van der Waals surface area contributed by atoms with E-state index in [1.807, 2.05) is 6.92 Å². The lowest BCUT2D eigenvalue weighted by Crippen LogP contribution is -2.19. The third-order valence-corrected chi connectivity index (χ3v) is 1.05. The Morgan fingerprint density at radius 1 is 1.50 bits per heavy atom. The summed E-state index contributed by atoms with van der Waals surface area (Å²) in [5.41, 5.74) is 5.44. The fourth-order valence-corrected chi connectivity index (χ4v) is 0. The molecule has 0 aliphatic carbocycles. The highest BCUT2D eigenvalue weighted by molar-refractivity contribution is 6.11. The van der Waals surface area contributed by atoms with Crippen molar-refractivity contribution in [3.8, 4) is 0 Å². The first-order valence-corrected chi connectivity index (χ1v) is 2.40. The number of rotatable bonds is 1. The van der Waals surface area contributed by atoms with Crippen LogP contribution in [-0.2, 0) is 0 Å². The average Bonchev–Trinajstić information content (AvgIpc) is 1.36. The molecule has 0 aromatic heterocycles. The van der Waals surface area contributed by atoms with Gasteiger partial charge < -0.3 is 5.73 Å². The Hall–Kier alpha value is 0.0249. The Bertz CT molecular complexity index is 28.5. The van der Waals surface area contributed by atoms with E-state index >= 15 is 0 Å². The van der Waals surface area contributed by atoms with Gasteiger partial charge in [-0.25, -0.2) is 0 Å². The van der Waals surface area contributed by atoms with Gasteiger partial charge >= 0.3 is 0 Å². The molecular weight excluding hydrogens is 72.9 g/mol. The van der Waals surface area contributed by atoms with Gasteiger partial charge in [-0.05, 0) is 6.04 Å². The van der Waals surface area contributed by atoms with Gasteiger partial charge in [0.2, 0.25) is 0 Å². The van der Waals surface area contributed by atoms with E-state index in [1.165, 1.54) is 0 Å². The minimum Gasteiger partial charge on any atom is -0.328 e. The van der Waals surface area contributed by atoms with Crippen LogP contribution < -0.4 is 5.73 Å². The van der Waals surface area contributed by atoms with Gasteiger partial charge in [-0.2, -0.15) is 0 Å². The molecule has 0 aliphatic heterocycles. The molecule has 0 aliphatic rings. The maximum Gasteiger partial charge on any atom is 0.107 e. The Morgan fingerprint density at radius 3 is 1.67 bits per heavy atom. The van der Waals surface area contributed by atoms with Crippen LogP contribution in [0.4, 0.5) is 0 Å². The van der Waals surface area contributed by atoms with Crippen LogP contribution in [0.2, 0.25) is 5.82 Å². The first-order valence-electron chi connectivity index (χ1n) is 2.40. The normalized spacial score (nSPS) is 19.8. The van der Waals surface area contributed by atoms with E-state index in [9.17, 15) is 0 Å². The summed E-state index contributed by atoms with van der Waals surface area (Å²) in [5.74, 6) is 0.630. The molecule has 0 unspecified atom stereocenters. The summed E-state index contributed by atoms with van der Waals surface area (Å²) in [7, 11) is 2.12. The van der Waals surface area contributed by atoms with Crippen molar-refractivity contribution in [3.63, 3.8) is 0 Å². The zero-order chi connectivity index (χ0) is 5.15. The van der Waals surface area contributed by atoms with E-state index in [-0.39, 0.29) is 0 Å². The summed E-state index contributed by atoms with van der Waals surface area (Å²) < 4.78 is 0. The maximum atomic E-state index is 5.44. The summed E-state index contributed by atoms with van der Waals surface area (Å²) in [6.07, 6.45) is 0. The fraction of sp³-hybridized carbons (Fsp3) is 1.00. The summed E-state index contributed by atoms with van der Waals surface area (Å²) >= 11 is 0. The quantitative estimate of drug-likeness (QED) is 0.437. The highest BCUT2D eigenvalue weighted by Gasteiger charge is 1.96. The second kappa shape index (κ2) is 2.24. The van der Waals surface area contributed by atoms with Gasteiger partial charge in [-0.3, -0.25) is 0 Å². The van der Waals surface area contributed by atoms with Crippen molar-refractivity contribution in [2.45, 2.75) is 25.7 Å². The predicted octanol–water partition coefficient (Wildman–Crippen LogP) is -0.225. The number of nitrogens with two attached hydrogens (primary N) is 1. The third-order valence-electron chi connectivity index (χ3n) is 1.05. The van der Waals surface area contributed by atoms with Crippen molar-refractivity contribution in [1.29, 1.82) is 0 Å². The molecular formula is C4H12BN. The van der Waals surface area contributed by atoms with Crippen molar-refractivity contribution >= 4 is 7.85 Å². The minimum absolute atomic E-state index is 0.352. The van der Waals surface area contributed by atoms with E-state index in [0.717, 1.165) is 0 Å². The van der Waals surface area contributed by atoms with Crippen molar-refractivity contribution in [3.05, 3.63) is 0 Å². The lowest BCUT2D eigenvalue weighted by Gasteiger charge is -2.05. The first-order chi connectivity index (χ1) is 2.64. The Morgan fingerprint density at radius 2 is 1.67 bits per heavy atom.